The number of aromatic nitrogens is 3. The highest BCUT2D eigenvalue weighted by Crippen LogP contribution is 2.29. The Bertz CT molecular complexity index is 1230. The number of esters is 1. The van der Waals surface area contributed by atoms with E-state index in [2.05, 4.69) is 20.5 Å². The van der Waals surface area contributed by atoms with Crippen LogP contribution in [0.3, 0.4) is 0 Å². The number of hydrogen-bond donors (Lipinski definition) is 0. The summed E-state index contributed by atoms with van der Waals surface area (Å²) in [6.45, 7) is 10.2. The summed E-state index contributed by atoms with van der Waals surface area (Å²) < 4.78 is 13.7. The van der Waals surface area contributed by atoms with Crippen molar-refractivity contribution in [3.63, 3.8) is 0 Å². The van der Waals surface area contributed by atoms with Gasteiger partial charge in [-0.05, 0) is 83.0 Å². The summed E-state index contributed by atoms with van der Waals surface area (Å²) in [5.41, 5.74) is 3.00. The number of ether oxygens (including phenoxy) is 2. The standard InChI is InChI=1S/C28H35ClN4O3/c1-4-28(2,3)36-27(34)20-8-9-23-24(16-20)33(17-21-12-15-35-21)26(31-23)18-32-13-10-19(11-14-32)22-6-5-7-25(29)30-22/h5-9,16,19,21H,4,10-15,17-18H2,1-3H3/t21-/m0/s1. The molecule has 0 bridgehead atoms. The normalized spacial score (nSPS) is 19.4. The van der Waals surface area contributed by atoms with Crippen LogP contribution in [0.4, 0.5) is 0 Å². The number of pyridine rings is 1. The predicted octanol–water partition coefficient (Wildman–Crippen LogP) is 5.60. The van der Waals surface area contributed by atoms with Gasteiger partial charge in [-0.1, -0.05) is 24.6 Å². The van der Waals surface area contributed by atoms with Crippen molar-refractivity contribution in [2.75, 3.05) is 19.7 Å². The molecular weight excluding hydrogens is 476 g/mol. The average molecular weight is 511 g/mol. The Morgan fingerprint density at radius 2 is 1.94 bits per heavy atom. The smallest absolute Gasteiger partial charge is 0.338 e. The van der Waals surface area contributed by atoms with E-state index in [0.717, 1.165) is 81.0 Å². The molecule has 2 aliphatic heterocycles. The monoisotopic (exact) mass is 510 g/mol. The molecule has 36 heavy (non-hydrogen) atoms. The summed E-state index contributed by atoms with van der Waals surface area (Å²) in [6.07, 6.45) is 4.08. The Kier molecular flexibility index (Phi) is 7.33. The SMILES string of the molecule is CCC(C)(C)OC(=O)c1ccc2nc(CN3CCC(c4cccc(Cl)n4)CC3)n(C[C@@H]3CCO3)c2c1. The number of hydrogen-bond acceptors (Lipinski definition) is 6. The van der Waals surface area contributed by atoms with Crippen LogP contribution in [0.25, 0.3) is 11.0 Å². The highest BCUT2D eigenvalue weighted by atomic mass is 35.5. The Balaban J connectivity index is 1.35. The van der Waals surface area contributed by atoms with Gasteiger partial charge in [-0.25, -0.2) is 14.8 Å². The lowest BCUT2D eigenvalue weighted by Gasteiger charge is -2.32. The molecule has 5 rings (SSSR count). The van der Waals surface area contributed by atoms with E-state index in [1.54, 1.807) is 0 Å². The van der Waals surface area contributed by atoms with Crippen molar-refractivity contribution in [2.45, 2.75) is 77.2 Å². The molecule has 2 fully saturated rings. The van der Waals surface area contributed by atoms with E-state index in [9.17, 15) is 4.79 Å². The third kappa shape index (κ3) is 5.58. The number of fused-ring (bicyclic) bond motifs is 1. The minimum Gasteiger partial charge on any atom is -0.456 e. The Labute approximate surface area is 217 Å². The van der Waals surface area contributed by atoms with Gasteiger partial charge >= 0.3 is 5.97 Å². The molecule has 7 nitrogen and oxygen atoms in total. The summed E-state index contributed by atoms with van der Waals surface area (Å²) in [5.74, 6) is 1.15. The van der Waals surface area contributed by atoms with Crippen LogP contribution in [-0.2, 0) is 22.6 Å². The lowest BCUT2D eigenvalue weighted by Crippen LogP contribution is -2.35. The van der Waals surface area contributed by atoms with Crippen LogP contribution >= 0.6 is 11.6 Å². The molecule has 0 saturated carbocycles. The lowest BCUT2D eigenvalue weighted by molar-refractivity contribution is -0.0592. The average Bonchev–Trinajstić information content (AvgIpc) is 3.17. The third-order valence-corrected chi connectivity index (χ3v) is 7.78. The highest BCUT2D eigenvalue weighted by Gasteiger charge is 2.27. The summed E-state index contributed by atoms with van der Waals surface area (Å²) >= 11 is 6.11. The maximum atomic E-state index is 12.9. The summed E-state index contributed by atoms with van der Waals surface area (Å²) in [5, 5.41) is 0.559. The first-order valence-corrected chi connectivity index (χ1v) is 13.4. The van der Waals surface area contributed by atoms with Crippen molar-refractivity contribution in [3.8, 4) is 0 Å². The van der Waals surface area contributed by atoms with Crippen LogP contribution in [0.1, 0.15) is 74.2 Å². The van der Waals surface area contributed by atoms with E-state index in [0.29, 0.717) is 16.6 Å². The van der Waals surface area contributed by atoms with Crippen LogP contribution in [0.2, 0.25) is 5.15 Å². The van der Waals surface area contributed by atoms with Crippen molar-refractivity contribution < 1.29 is 14.3 Å². The van der Waals surface area contributed by atoms with E-state index in [-0.39, 0.29) is 12.1 Å². The quantitative estimate of drug-likeness (QED) is 0.290. The van der Waals surface area contributed by atoms with E-state index in [1.165, 1.54) is 0 Å². The van der Waals surface area contributed by atoms with Crippen molar-refractivity contribution in [2.24, 2.45) is 0 Å². The van der Waals surface area contributed by atoms with Crippen molar-refractivity contribution in [1.29, 1.82) is 0 Å². The maximum absolute atomic E-state index is 12.9. The molecule has 2 aliphatic rings. The van der Waals surface area contributed by atoms with E-state index >= 15 is 0 Å². The topological polar surface area (TPSA) is 69.5 Å². The van der Waals surface area contributed by atoms with Crippen LogP contribution in [0, 0.1) is 0 Å². The molecule has 1 aromatic carbocycles. The molecule has 2 saturated heterocycles. The molecule has 0 aliphatic carbocycles. The highest BCUT2D eigenvalue weighted by molar-refractivity contribution is 6.29. The first kappa shape index (κ1) is 25.2. The first-order chi connectivity index (χ1) is 17.3. The van der Waals surface area contributed by atoms with Gasteiger partial charge in [0.15, 0.2) is 0 Å². The van der Waals surface area contributed by atoms with Gasteiger partial charge in [0.25, 0.3) is 0 Å². The lowest BCUT2D eigenvalue weighted by atomic mass is 9.93. The third-order valence-electron chi connectivity index (χ3n) is 7.57. The summed E-state index contributed by atoms with van der Waals surface area (Å²) in [6, 6.07) is 11.6. The van der Waals surface area contributed by atoms with Gasteiger partial charge in [-0.2, -0.15) is 0 Å². The number of carbonyl (C=O) groups excluding carboxylic acids is 1. The molecule has 1 atom stereocenters. The molecule has 2 aromatic heterocycles. The molecule has 8 heteroatoms. The number of carbonyl (C=O) groups is 1. The second kappa shape index (κ2) is 10.5. The number of likely N-dealkylation sites (tertiary alicyclic amines) is 1. The molecule has 0 radical (unpaired) electrons. The first-order valence-electron chi connectivity index (χ1n) is 13.0. The number of halogens is 1. The molecule has 0 unspecified atom stereocenters. The molecule has 3 aromatic rings. The zero-order valence-corrected chi connectivity index (χ0v) is 22.1. The second-order valence-electron chi connectivity index (χ2n) is 10.6. The number of imidazole rings is 1. The van der Waals surface area contributed by atoms with Crippen LogP contribution in [0.5, 0.6) is 0 Å². The second-order valence-corrected chi connectivity index (χ2v) is 10.9. The summed E-state index contributed by atoms with van der Waals surface area (Å²) in [4.78, 5) is 24.8. The fourth-order valence-electron chi connectivity index (χ4n) is 4.88. The predicted molar refractivity (Wildman–Crippen MR) is 140 cm³/mol. The van der Waals surface area contributed by atoms with Crippen molar-refractivity contribution >= 4 is 28.6 Å². The number of piperidine rings is 1. The molecule has 0 amide bonds. The van der Waals surface area contributed by atoms with Gasteiger partial charge < -0.3 is 14.0 Å². The largest absolute Gasteiger partial charge is 0.456 e. The summed E-state index contributed by atoms with van der Waals surface area (Å²) in [7, 11) is 0. The van der Waals surface area contributed by atoms with E-state index in [4.69, 9.17) is 26.1 Å². The number of nitrogens with zero attached hydrogens (tertiary/aromatic N) is 4. The van der Waals surface area contributed by atoms with E-state index in [1.807, 2.05) is 51.1 Å². The van der Waals surface area contributed by atoms with Gasteiger partial charge in [0, 0.05) is 18.2 Å². The van der Waals surface area contributed by atoms with Gasteiger partial charge in [0.05, 0.1) is 35.8 Å². The fraction of sp³-hybridized carbons (Fsp3) is 0.536. The zero-order valence-electron chi connectivity index (χ0n) is 21.4. The minimum atomic E-state index is -0.496. The molecule has 0 spiro atoms. The van der Waals surface area contributed by atoms with E-state index < -0.39 is 5.60 Å². The van der Waals surface area contributed by atoms with Crippen molar-refractivity contribution in [1.82, 2.24) is 19.4 Å². The Hall–Kier alpha value is -2.48. The van der Waals surface area contributed by atoms with Gasteiger partial charge in [0.1, 0.15) is 16.6 Å². The van der Waals surface area contributed by atoms with Crippen LogP contribution < -0.4 is 0 Å². The van der Waals surface area contributed by atoms with Gasteiger partial charge in [-0.3, -0.25) is 4.90 Å². The Morgan fingerprint density at radius 3 is 2.61 bits per heavy atom. The molecular formula is C28H35ClN4O3. The molecule has 4 heterocycles. The molecule has 192 valence electrons. The van der Waals surface area contributed by atoms with Crippen LogP contribution in [-0.4, -0.2) is 56.8 Å². The fourth-order valence-corrected chi connectivity index (χ4v) is 5.05. The van der Waals surface area contributed by atoms with Crippen molar-refractivity contribution in [3.05, 3.63) is 58.6 Å². The van der Waals surface area contributed by atoms with Crippen LogP contribution in [0.15, 0.2) is 36.4 Å². The van der Waals surface area contributed by atoms with Gasteiger partial charge in [-0.15, -0.1) is 0 Å². The Morgan fingerprint density at radius 1 is 1.17 bits per heavy atom. The maximum Gasteiger partial charge on any atom is 0.338 e. The number of rotatable bonds is 8. The zero-order chi connectivity index (χ0) is 25.3. The minimum absolute atomic E-state index is 0.190. The van der Waals surface area contributed by atoms with Gasteiger partial charge in [0.2, 0.25) is 0 Å². The molecule has 0 N–H and O–H groups in total. The number of benzene rings is 1.